The van der Waals surface area contributed by atoms with Gasteiger partial charge in [-0.05, 0) is 53.6 Å². The summed E-state index contributed by atoms with van der Waals surface area (Å²) < 4.78 is 5.94. The number of ether oxygens (including phenoxy) is 1. The predicted molar refractivity (Wildman–Crippen MR) is 73.4 cm³/mol. The molecule has 1 heterocycles. The quantitative estimate of drug-likeness (QED) is 0.723. The maximum Gasteiger partial charge on any atom is 0.0757 e. The molecule has 2 unspecified atom stereocenters. The standard InChI is InChI=1S/C14H30N2O/c1-6-8-15-9-7-12(2)16-10-13(3)17-14(4,5)11-16/h12-13,15H,6-11H2,1-5H3. The average molecular weight is 242 g/mol. The lowest BCUT2D eigenvalue weighted by Gasteiger charge is -2.44. The van der Waals surface area contributed by atoms with Crippen molar-refractivity contribution >= 4 is 0 Å². The Morgan fingerprint density at radius 3 is 2.71 bits per heavy atom. The van der Waals surface area contributed by atoms with Crippen LogP contribution in [0, 0.1) is 0 Å². The van der Waals surface area contributed by atoms with E-state index >= 15 is 0 Å². The highest BCUT2D eigenvalue weighted by molar-refractivity contribution is 4.85. The van der Waals surface area contributed by atoms with Gasteiger partial charge < -0.3 is 10.1 Å². The van der Waals surface area contributed by atoms with Gasteiger partial charge in [0.2, 0.25) is 0 Å². The number of hydrogen-bond donors (Lipinski definition) is 1. The van der Waals surface area contributed by atoms with Crippen molar-refractivity contribution in [1.29, 1.82) is 0 Å². The van der Waals surface area contributed by atoms with Gasteiger partial charge >= 0.3 is 0 Å². The number of nitrogens with zero attached hydrogens (tertiary/aromatic N) is 1. The molecule has 1 aliphatic heterocycles. The third-order valence-corrected chi connectivity index (χ3v) is 3.38. The van der Waals surface area contributed by atoms with E-state index in [1.165, 1.54) is 12.8 Å². The fourth-order valence-corrected chi connectivity index (χ4v) is 2.63. The van der Waals surface area contributed by atoms with Crippen molar-refractivity contribution in [2.75, 3.05) is 26.2 Å². The largest absolute Gasteiger partial charge is 0.370 e. The highest BCUT2D eigenvalue weighted by atomic mass is 16.5. The molecule has 17 heavy (non-hydrogen) atoms. The summed E-state index contributed by atoms with van der Waals surface area (Å²) in [5, 5.41) is 3.48. The van der Waals surface area contributed by atoms with Crippen LogP contribution in [-0.2, 0) is 4.74 Å². The van der Waals surface area contributed by atoms with Gasteiger partial charge in [0.05, 0.1) is 11.7 Å². The third-order valence-electron chi connectivity index (χ3n) is 3.38. The zero-order valence-electron chi connectivity index (χ0n) is 12.3. The third kappa shape index (κ3) is 5.36. The Bertz CT molecular complexity index is 218. The van der Waals surface area contributed by atoms with Crippen LogP contribution in [0.5, 0.6) is 0 Å². The number of nitrogens with one attached hydrogen (secondary N) is 1. The molecule has 3 nitrogen and oxygen atoms in total. The fraction of sp³-hybridized carbons (Fsp3) is 1.00. The molecule has 0 radical (unpaired) electrons. The van der Waals surface area contributed by atoms with Gasteiger partial charge in [0.25, 0.3) is 0 Å². The molecule has 1 saturated heterocycles. The van der Waals surface area contributed by atoms with E-state index < -0.39 is 0 Å². The Kier molecular flexibility index (Phi) is 5.90. The first kappa shape index (κ1) is 14.9. The van der Waals surface area contributed by atoms with Gasteiger partial charge in [0.1, 0.15) is 0 Å². The summed E-state index contributed by atoms with van der Waals surface area (Å²) in [7, 11) is 0. The summed E-state index contributed by atoms with van der Waals surface area (Å²) in [5.74, 6) is 0. The fourth-order valence-electron chi connectivity index (χ4n) is 2.63. The van der Waals surface area contributed by atoms with Gasteiger partial charge in [0, 0.05) is 19.1 Å². The van der Waals surface area contributed by atoms with E-state index in [2.05, 4.69) is 44.8 Å². The van der Waals surface area contributed by atoms with Crippen molar-refractivity contribution < 1.29 is 4.74 Å². The summed E-state index contributed by atoms with van der Waals surface area (Å²) in [6.45, 7) is 15.5. The molecule has 1 fully saturated rings. The van der Waals surface area contributed by atoms with Crippen molar-refractivity contribution in [2.24, 2.45) is 0 Å². The lowest BCUT2D eigenvalue weighted by atomic mass is 10.0. The van der Waals surface area contributed by atoms with E-state index in [-0.39, 0.29) is 5.60 Å². The predicted octanol–water partition coefficient (Wildman–Crippen LogP) is 2.26. The highest BCUT2D eigenvalue weighted by Crippen LogP contribution is 2.22. The van der Waals surface area contributed by atoms with Crippen molar-refractivity contribution in [3.8, 4) is 0 Å². The first-order valence-corrected chi connectivity index (χ1v) is 7.07. The molecule has 1 aliphatic rings. The number of hydrogen-bond acceptors (Lipinski definition) is 3. The second-order valence-electron chi connectivity index (χ2n) is 6.01. The number of morpholine rings is 1. The molecule has 0 aromatic heterocycles. The Morgan fingerprint density at radius 1 is 1.41 bits per heavy atom. The van der Waals surface area contributed by atoms with Crippen LogP contribution in [0.1, 0.15) is 47.5 Å². The van der Waals surface area contributed by atoms with Crippen LogP contribution >= 0.6 is 0 Å². The molecular weight excluding hydrogens is 212 g/mol. The van der Waals surface area contributed by atoms with E-state index in [0.717, 1.165) is 26.2 Å². The molecule has 0 amide bonds. The maximum absolute atomic E-state index is 5.94. The second-order valence-corrected chi connectivity index (χ2v) is 6.01. The molecule has 2 atom stereocenters. The minimum Gasteiger partial charge on any atom is -0.370 e. The molecule has 0 saturated carbocycles. The monoisotopic (exact) mass is 242 g/mol. The molecule has 0 bridgehead atoms. The topological polar surface area (TPSA) is 24.5 Å². The van der Waals surface area contributed by atoms with Gasteiger partial charge in [-0.1, -0.05) is 6.92 Å². The number of rotatable bonds is 6. The summed E-state index contributed by atoms with van der Waals surface area (Å²) in [6, 6.07) is 0.644. The minimum atomic E-state index is 0.00275. The Hall–Kier alpha value is -0.120. The normalized spacial score (nSPS) is 27.0. The van der Waals surface area contributed by atoms with Crippen LogP contribution in [-0.4, -0.2) is 48.8 Å². The van der Waals surface area contributed by atoms with Gasteiger partial charge in [-0.3, -0.25) is 4.90 Å². The maximum atomic E-state index is 5.94. The van der Waals surface area contributed by atoms with Crippen LogP contribution in [0.25, 0.3) is 0 Å². The summed E-state index contributed by atoms with van der Waals surface area (Å²) in [4.78, 5) is 2.57. The molecular formula is C14H30N2O. The van der Waals surface area contributed by atoms with Crippen LogP contribution < -0.4 is 5.32 Å². The zero-order chi connectivity index (χ0) is 12.9. The molecule has 0 aliphatic carbocycles. The van der Waals surface area contributed by atoms with E-state index in [1.807, 2.05) is 0 Å². The van der Waals surface area contributed by atoms with Crippen molar-refractivity contribution in [1.82, 2.24) is 10.2 Å². The molecule has 1 N–H and O–H groups in total. The average Bonchev–Trinajstić information content (AvgIpc) is 2.21. The zero-order valence-corrected chi connectivity index (χ0v) is 12.3. The van der Waals surface area contributed by atoms with Crippen LogP contribution in [0.3, 0.4) is 0 Å². The summed E-state index contributed by atoms with van der Waals surface area (Å²) in [5.41, 5.74) is 0.00275. The summed E-state index contributed by atoms with van der Waals surface area (Å²) in [6.07, 6.45) is 2.79. The SMILES string of the molecule is CCCNCCC(C)N1CC(C)OC(C)(C)C1. The van der Waals surface area contributed by atoms with E-state index in [0.29, 0.717) is 12.1 Å². The van der Waals surface area contributed by atoms with Crippen molar-refractivity contribution in [3.63, 3.8) is 0 Å². The smallest absolute Gasteiger partial charge is 0.0757 e. The van der Waals surface area contributed by atoms with E-state index in [1.54, 1.807) is 0 Å². The minimum absolute atomic E-state index is 0.00275. The molecule has 0 spiro atoms. The van der Waals surface area contributed by atoms with Crippen molar-refractivity contribution in [2.45, 2.75) is 65.2 Å². The van der Waals surface area contributed by atoms with Gasteiger partial charge in [-0.2, -0.15) is 0 Å². The highest BCUT2D eigenvalue weighted by Gasteiger charge is 2.32. The van der Waals surface area contributed by atoms with Crippen molar-refractivity contribution in [3.05, 3.63) is 0 Å². The molecule has 1 rings (SSSR count). The molecule has 102 valence electrons. The second kappa shape index (κ2) is 6.72. The van der Waals surface area contributed by atoms with Crippen LogP contribution in [0.2, 0.25) is 0 Å². The van der Waals surface area contributed by atoms with E-state index in [4.69, 9.17) is 4.74 Å². The lowest BCUT2D eigenvalue weighted by Crippen LogP contribution is -2.54. The summed E-state index contributed by atoms with van der Waals surface area (Å²) >= 11 is 0. The Morgan fingerprint density at radius 2 is 2.12 bits per heavy atom. The lowest BCUT2D eigenvalue weighted by molar-refractivity contribution is -0.136. The molecule has 0 aromatic carbocycles. The van der Waals surface area contributed by atoms with Gasteiger partial charge in [-0.15, -0.1) is 0 Å². The van der Waals surface area contributed by atoms with Gasteiger partial charge in [-0.25, -0.2) is 0 Å². The van der Waals surface area contributed by atoms with Crippen LogP contribution in [0.15, 0.2) is 0 Å². The van der Waals surface area contributed by atoms with Crippen LogP contribution in [0.4, 0.5) is 0 Å². The first-order valence-electron chi connectivity index (χ1n) is 7.07. The molecule has 3 heteroatoms. The van der Waals surface area contributed by atoms with Gasteiger partial charge in [0.15, 0.2) is 0 Å². The first-order chi connectivity index (χ1) is 7.94. The Balaban J connectivity index is 2.32. The van der Waals surface area contributed by atoms with E-state index in [9.17, 15) is 0 Å². The molecule has 0 aromatic rings. The Labute approximate surface area is 107 Å².